The van der Waals surface area contributed by atoms with E-state index in [2.05, 4.69) is 248 Å². The van der Waals surface area contributed by atoms with Crippen molar-refractivity contribution in [1.82, 2.24) is 9.80 Å². The van der Waals surface area contributed by atoms with Gasteiger partial charge in [-0.1, -0.05) is 349 Å². The molecule has 2 fully saturated rings. The second-order valence-electron chi connectivity index (χ2n) is 38.0. The molecule has 132 heavy (non-hydrogen) atoms. The molecule has 18 heteroatoms. The van der Waals surface area contributed by atoms with Crippen LogP contribution in [-0.2, 0) is 48.1 Å². The first-order valence-corrected chi connectivity index (χ1v) is 62.6. The van der Waals surface area contributed by atoms with Crippen LogP contribution in [0.15, 0.2) is 94.7 Å². The molecule has 714 valence electrons. The topological polar surface area (TPSA) is 40.6 Å². The Morgan fingerprint density at radius 3 is 0.902 bits per heavy atom. The van der Waals surface area contributed by atoms with E-state index in [0.29, 0.717) is 45.4 Å². The van der Waals surface area contributed by atoms with Gasteiger partial charge in [-0.05, 0) is 220 Å². The minimum atomic E-state index is 0.0814. The average molecular weight is 2030 g/mol. The molecule has 0 N–H and O–H groups in total. The van der Waals surface area contributed by atoms with Gasteiger partial charge in [0.25, 0.3) is 11.8 Å². The Bertz CT molecular complexity index is 5130. The lowest BCUT2D eigenvalue weighted by atomic mass is 9.95. The quantitative estimate of drug-likeness (QED) is 0.0215. The van der Waals surface area contributed by atoms with E-state index in [1.165, 1.54) is 386 Å². The molecule has 2 aliphatic heterocycles. The first kappa shape index (κ1) is 105. The van der Waals surface area contributed by atoms with Gasteiger partial charge in [-0.15, -0.1) is 113 Å². The fraction of sp³-hybridized carbons (Fsp3) is 0.561. The number of hydrogen-bond donors (Lipinski definition) is 0. The lowest BCUT2D eigenvalue weighted by Gasteiger charge is -2.21. The predicted molar refractivity (Wildman–Crippen MR) is 612 cm³/mol. The second kappa shape index (κ2) is 54.7. The summed E-state index contributed by atoms with van der Waals surface area (Å²) in [5.74, 6) is 2.43. The molecular weight excluding hydrogens is 1880 g/mol. The number of aryl methyl sites for hydroxylation is 4. The third-order valence-electron chi connectivity index (χ3n) is 27.7. The van der Waals surface area contributed by atoms with Crippen molar-refractivity contribution in [1.29, 1.82) is 0 Å². The van der Waals surface area contributed by atoms with E-state index < -0.39 is 0 Å². The summed E-state index contributed by atoms with van der Waals surface area (Å²) in [5, 5.41) is 2.82. The van der Waals surface area contributed by atoms with E-state index in [0.717, 1.165) is 83.8 Å². The fourth-order valence-corrected chi connectivity index (χ4v) is 34.5. The van der Waals surface area contributed by atoms with Crippen molar-refractivity contribution in [3.8, 4) is 79.4 Å². The first-order valence-electron chi connectivity index (χ1n) is 52.0. The van der Waals surface area contributed by atoms with E-state index in [9.17, 15) is 9.59 Å². The molecule has 4 unspecified atom stereocenters. The van der Waals surface area contributed by atoms with Crippen LogP contribution in [0.5, 0.6) is 0 Å². The van der Waals surface area contributed by atoms with Gasteiger partial charge in [0.05, 0.1) is 9.81 Å². The van der Waals surface area contributed by atoms with E-state index in [4.69, 9.17) is 24.4 Å². The van der Waals surface area contributed by atoms with Crippen molar-refractivity contribution in [3.63, 3.8) is 0 Å². The molecule has 0 saturated carbocycles. The predicted octanol–water partition coefficient (Wildman–Crippen LogP) is 41.9. The Balaban J connectivity index is 0.936. The number of unbranched alkanes of at least 4 members (excludes halogenated alkanes) is 24. The maximum Gasteiger partial charge on any atom is 0.266 e. The zero-order valence-corrected chi connectivity index (χ0v) is 93.3. The monoisotopic (exact) mass is 2030 g/mol. The van der Waals surface area contributed by atoms with Crippen molar-refractivity contribution in [2.24, 2.45) is 23.7 Å². The summed E-state index contributed by atoms with van der Waals surface area (Å²) in [7, 11) is 0. The van der Waals surface area contributed by atoms with Crippen LogP contribution in [0.3, 0.4) is 0 Å². The number of carbonyl (C=O) groups is 2. The standard InChI is InChI=1S/C114H152N2O2S14/c1-13-25-33-37-41-45-53-81-67-87(71-101-111(117)115(113(119)131-101)75-79(23-11)51-31-19-7)123-105(81)93-61-63-95(125-93)107-83(55-47-43-39-35-27-15-3)69-97(127-107)99-73-89-103(91-59-57-85(121-91)65-77(21-9)49-29-17-5)110-90(104(109(89)129-99)92-60-58-86(122-92)66-78(22-10)50-30-18-6)74-100(130-110)98-70-84(56-48-44-40-36-28-16-4)108(128-98)96-64-62-94(126-96)106-82(54-46-42-38-34-26-14-2)68-88(124-106)72-102-112(118)116(114(120)132-102)76-80(24-12)52-32-20-8/h57-64,67-74,77-80H,13-56,65-66,75-76H2,1-12H3/b101-71-,102-72-. The maximum absolute atomic E-state index is 14.4. The number of fused-ring (bicyclic) bond motifs is 2. The van der Waals surface area contributed by atoms with Gasteiger partial charge in [-0.2, -0.15) is 0 Å². The molecule has 10 aromatic heterocycles. The van der Waals surface area contributed by atoms with Crippen LogP contribution < -0.4 is 0 Å². The van der Waals surface area contributed by atoms with Gasteiger partial charge in [-0.3, -0.25) is 19.4 Å². The lowest BCUT2D eigenvalue weighted by molar-refractivity contribution is -0.123. The maximum atomic E-state index is 14.4. The highest BCUT2D eigenvalue weighted by Gasteiger charge is 2.37. The van der Waals surface area contributed by atoms with Crippen LogP contribution in [-0.4, -0.2) is 43.3 Å². The molecule has 13 rings (SSSR count). The van der Waals surface area contributed by atoms with Crippen molar-refractivity contribution in [2.75, 3.05) is 13.1 Å². The minimum absolute atomic E-state index is 0.0814. The number of benzene rings is 1. The molecule has 2 saturated heterocycles. The Kier molecular flexibility index (Phi) is 43.7. The number of carbonyl (C=O) groups excluding carboxylic acids is 2. The van der Waals surface area contributed by atoms with Gasteiger partial charge in [0.15, 0.2) is 0 Å². The largest absolute Gasteiger partial charge is 0.293 e. The number of thioether (sulfide) groups is 2. The highest BCUT2D eigenvalue weighted by atomic mass is 32.2. The zero-order valence-electron chi connectivity index (χ0n) is 81.9. The summed E-state index contributed by atoms with van der Waals surface area (Å²) in [5.41, 5.74) is 8.69. The molecular formula is C114H152N2O2S14. The van der Waals surface area contributed by atoms with Crippen LogP contribution in [0, 0.1) is 23.7 Å². The summed E-state index contributed by atoms with van der Waals surface area (Å²) in [6.07, 6.45) is 60.3. The van der Waals surface area contributed by atoms with Crippen molar-refractivity contribution < 1.29 is 9.59 Å². The lowest BCUT2D eigenvalue weighted by Crippen LogP contribution is -2.33. The second-order valence-corrected chi connectivity index (χ2v) is 52.2. The number of amides is 2. The third-order valence-corrected chi connectivity index (χ3v) is 42.9. The SMILES string of the molecule is CCCCCCCCc1cc(/C=C2\SC(=S)N(CC(CC)CCCC)C2=O)sc1-c1ccc(-c2sc(-c3cc4c(-c5ccc(CC(CC)CCCC)s5)c5sc(-c6cc(CCCCCCCC)c(-c7ccc(-c8sc(/C=C9\SC(=S)N(CC(CC)CCCC)C9=O)cc8CCCCCCCC)s7)s6)cc5c(-c5ccc(CC(CC)CCCC)s5)c4s3)cc2CCCCCCCC)s1. The van der Waals surface area contributed by atoms with Gasteiger partial charge < -0.3 is 0 Å². The molecule has 2 aliphatic rings. The number of thiocarbonyl (C=S) groups is 2. The molecule has 1 aromatic carbocycles. The molecule has 0 aliphatic carbocycles. The molecule has 2 amide bonds. The number of hydrogen-bond acceptors (Lipinski definition) is 16. The normalized spacial score (nSPS) is 14.9. The summed E-state index contributed by atoms with van der Waals surface area (Å²) in [4.78, 5) is 58.9. The highest BCUT2D eigenvalue weighted by Crippen LogP contribution is 2.58. The van der Waals surface area contributed by atoms with Crippen molar-refractivity contribution in [3.05, 3.63) is 137 Å². The molecule has 0 radical (unpaired) electrons. The number of nitrogens with zero attached hydrogens (tertiary/aromatic N) is 2. The first-order chi connectivity index (χ1) is 64.6. The van der Waals surface area contributed by atoms with Gasteiger partial charge in [0, 0.05) is 132 Å². The van der Waals surface area contributed by atoms with Crippen LogP contribution in [0.25, 0.3) is 112 Å². The summed E-state index contributed by atoms with van der Waals surface area (Å²) in [6.45, 7) is 29.3. The third kappa shape index (κ3) is 28.3. The number of rotatable bonds is 62. The van der Waals surface area contributed by atoms with E-state index in [1.54, 1.807) is 0 Å². The molecule has 11 aromatic rings. The number of thiophene rings is 10. The Hall–Kier alpha value is -3.96. The highest BCUT2D eigenvalue weighted by molar-refractivity contribution is 8.27. The Morgan fingerprint density at radius 2 is 0.576 bits per heavy atom. The van der Waals surface area contributed by atoms with Gasteiger partial charge in [-0.25, -0.2) is 0 Å². The van der Waals surface area contributed by atoms with Gasteiger partial charge in [0.2, 0.25) is 0 Å². The fourth-order valence-electron chi connectivity index (χ4n) is 19.4. The van der Waals surface area contributed by atoms with Crippen molar-refractivity contribution >= 4 is 214 Å². The van der Waals surface area contributed by atoms with E-state index in [-0.39, 0.29) is 11.8 Å². The average Bonchev–Trinajstić information content (AvgIpc) is 1.56. The van der Waals surface area contributed by atoms with Crippen LogP contribution in [0.4, 0.5) is 0 Å². The van der Waals surface area contributed by atoms with Gasteiger partial charge in [0.1, 0.15) is 8.64 Å². The molecule has 4 atom stereocenters. The van der Waals surface area contributed by atoms with Crippen LogP contribution >= 0.6 is 161 Å². The summed E-state index contributed by atoms with van der Waals surface area (Å²) < 4.78 is 4.27. The van der Waals surface area contributed by atoms with Crippen LogP contribution in [0.2, 0.25) is 0 Å². The van der Waals surface area contributed by atoms with Crippen LogP contribution in [0.1, 0.15) is 382 Å². The Morgan fingerprint density at radius 1 is 0.288 bits per heavy atom. The molecule has 4 nitrogen and oxygen atoms in total. The summed E-state index contributed by atoms with van der Waals surface area (Å²) >= 11 is 35.2. The smallest absolute Gasteiger partial charge is 0.266 e. The Labute approximate surface area is 855 Å². The zero-order chi connectivity index (χ0) is 92.8. The molecule has 0 spiro atoms. The van der Waals surface area contributed by atoms with Gasteiger partial charge >= 0.3 is 0 Å². The van der Waals surface area contributed by atoms with E-state index in [1.807, 2.05) is 55.1 Å². The molecule has 12 heterocycles. The minimum Gasteiger partial charge on any atom is -0.293 e. The molecule has 0 bridgehead atoms. The summed E-state index contributed by atoms with van der Waals surface area (Å²) in [6, 6.07) is 35.5. The van der Waals surface area contributed by atoms with Crippen molar-refractivity contribution in [2.45, 2.75) is 378 Å². The van der Waals surface area contributed by atoms with E-state index >= 15 is 0 Å².